The Morgan fingerprint density at radius 3 is 2.23 bits per heavy atom. The van der Waals surface area contributed by atoms with E-state index in [1.54, 1.807) is 26.0 Å². The summed E-state index contributed by atoms with van der Waals surface area (Å²) in [4.78, 5) is 23.4. The predicted molar refractivity (Wildman–Crippen MR) is 100 cm³/mol. The van der Waals surface area contributed by atoms with E-state index >= 15 is 0 Å². The number of nitrogens with two attached hydrogens (primary N) is 1. The van der Waals surface area contributed by atoms with Crippen LogP contribution in [0.1, 0.15) is 51.9 Å². The van der Waals surface area contributed by atoms with Crippen LogP contribution in [0.2, 0.25) is 0 Å². The third-order valence-electron chi connectivity index (χ3n) is 3.29. The number of ketones is 1. The third-order valence-corrected chi connectivity index (χ3v) is 3.29. The molecule has 0 unspecified atom stereocenters. The molecule has 0 aromatic heterocycles. The van der Waals surface area contributed by atoms with E-state index in [1.807, 2.05) is 20.8 Å². The normalized spacial score (nSPS) is 11.9. The fourth-order valence-corrected chi connectivity index (χ4v) is 2.15. The Hall–Kier alpha value is -2.12. The zero-order valence-corrected chi connectivity index (χ0v) is 16.5. The number of Topliss-reactive ketones (excluding diaryl/α,β-unsaturated/α-hetero) is 1. The molecule has 1 aromatic carbocycles. The van der Waals surface area contributed by atoms with Crippen molar-refractivity contribution in [3.05, 3.63) is 23.8 Å². The van der Waals surface area contributed by atoms with Crippen LogP contribution in [0.15, 0.2) is 18.2 Å². The molecule has 0 heterocycles. The molecule has 1 amide bonds. The molecule has 0 bridgehead atoms. The summed E-state index contributed by atoms with van der Waals surface area (Å²) in [6, 6.07) is 4.70. The molecule has 1 rings (SSSR count). The summed E-state index contributed by atoms with van der Waals surface area (Å²) in [6.45, 7) is 11.4. The number of benzene rings is 1. The Balaban J connectivity index is 2.43. The molecule has 0 spiro atoms. The number of nitrogen functional groups attached to an aromatic ring is 1. The van der Waals surface area contributed by atoms with Gasteiger partial charge in [0.1, 0.15) is 11.5 Å². The average molecular weight is 366 g/mol. The van der Waals surface area contributed by atoms with E-state index in [9.17, 15) is 9.59 Å². The van der Waals surface area contributed by atoms with Gasteiger partial charge in [0.15, 0.2) is 12.4 Å². The fourth-order valence-electron chi connectivity index (χ4n) is 2.15. The number of carbonyl (C=O) groups excluding carboxylic acids is 2. The predicted octanol–water partition coefficient (Wildman–Crippen LogP) is 2.53. The fraction of sp³-hybridized carbons (Fsp3) is 0.579. The number of nitrogens with one attached hydrogen (secondary N) is 1. The van der Waals surface area contributed by atoms with Gasteiger partial charge in [-0.05, 0) is 53.7 Å². The Morgan fingerprint density at radius 2 is 1.69 bits per heavy atom. The molecule has 0 aliphatic carbocycles. The Labute approximate surface area is 155 Å². The van der Waals surface area contributed by atoms with Gasteiger partial charge in [-0.25, -0.2) is 0 Å². The number of amides is 1. The van der Waals surface area contributed by atoms with Gasteiger partial charge >= 0.3 is 0 Å². The van der Waals surface area contributed by atoms with E-state index in [0.29, 0.717) is 30.2 Å². The molecule has 0 aliphatic rings. The topological polar surface area (TPSA) is 99.9 Å². The molecule has 0 aliphatic heterocycles. The van der Waals surface area contributed by atoms with Gasteiger partial charge < -0.3 is 25.3 Å². The van der Waals surface area contributed by atoms with E-state index in [4.69, 9.17) is 19.9 Å². The molecule has 7 nitrogen and oxygen atoms in total. The third kappa shape index (κ3) is 8.31. The Morgan fingerprint density at radius 1 is 1.08 bits per heavy atom. The van der Waals surface area contributed by atoms with Gasteiger partial charge in [0.2, 0.25) is 0 Å². The lowest BCUT2D eigenvalue weighted by atomic mass is 10.1. The highest BCUT2D eigenvalue weighted by molar-refractivity contribution is 5.99. The van der Waals surface area contributed by atoms with Crippen molar-refractivity contribution >= 4 is 17.4 Å². The zero-order valence-electron chi connectivity index (χ0n) is 16.5. The van der Waals surface area contributed by atoms with Crippen molar-refractivity contribution < 1.29 is 23.8 Å². The first-order valence-corrected chi connectivity index (χ1v) is 8.52. The van der Waals surface area contributed by atoms with Gasteiger partial charge in [0.05, 0.1) is 18.8 Å². The molecular formula is C19H30N2O5. The minimum absolute atomic E-state index is 0.124. The van der Waals surface area contributed by atoms with E-state index in [1.165, 1.54) is 13.0 Å². The second kappa shape index (κ2) is 9.00. The second-order valence-electron chi connectivity index (χ2n) is 7.46. The molecular weight excluding hydrogens is 336 g/mol. The molecule has 26 heavy (non-hydrogen) atoms. The maximum Gasteiger partial charge on any atom is 0.260 e. The number of hydrogen-bond acceptors (Lipinski definition) is 6. The first kappa shape index (κ1) is 21.9. The maximum absolute atomic E-state index is 12.1. The van der Waals surface area contributed by atoms with Crippen molar-refractivity contribution in [2.45, 2.75) is 52.9 Å². The Kier molecular flexibility index (Phi) is 7.59. The minimum atomic E-state index is -0.848. The highest BCUT2D eigenvalue weighted by Crippen LogP contribution is 2.20. The highest BCUT2D eigenvalue weighted by atomic mass is 16.6. The summed E-state index contributed by atoms with van der Waals surface area (Å²) < 4.78 is 16.6. The second-order valence-corrected chi connectivity index (χ2v) is 7.46. The van der Waals surface area contributed by atoms with Gasteiger partial charge in [-0.2, -0.15) is 0 Å². The molecule has 0 radical (unpaired) electrons. The standard InChI is InChI=1S/C19H30N2O5/c1-13(22)15-8-7-14(11-16(15)20)24-12-17(23)21-19(5,6)26-10-9-25-18(2,3)4/h7-8,11H,9-10,12,20H2,1-6H3,(H,21,23). The monoisotopic (exact) mass is 366 g/mol. The van der Waals surface area contributed by atoms with Crippen LogP contribution in [0.25, 0.3) is 0 Å². The van der Waals surface area contributed by atoms with Crippen LogP contribution in [0, 0.1) is 0 Å². The molecule has 0 saturated heterocycles. The van der Waals surface area contributed by atoms with E-state index in [2.05, 4.69) is 5.32 Å². The quantitative estimate of drug-likeness (QED) is 0.301. The molecule has 0 atom stereocenters. The van der Waals surface area contributed by atoms with E-state index in [0.717, 1.165) is 0 Å². The van der Waals surface area contributed by atoms with Gasteiger partial charge in [-0.3, -0.25) is 9.59 Å². The van der Waals surface area contributed by atoms with Crippen LogP contribution in [-0.2, 0) is 14.3 Å². The number of rotatable bonds is 9. The summed E-state index contributed by atoms with van der Waals surface area (Å²) in [5.41, 5.74) is 5.46. The molecule has 7 heteroatoms. The minimum Gasteiger partial charge on any atom is -0.484 e. The van der Waals surface area contributed by atoms with Crippen molar-refractivity contribution in [3.8, 4) is 5.75 Å². The summed E-state index contributed by atoms with van der Waals surface area (Å²) in [5, 5.41) is 2.74. The van der Waals surface area contributed by atoms with Gasteiger partial charge in [-0.1, -0.05) is 0 Å². The van der Waals surface area contributed by atoms with Gasteiger partial charge in [0, 0.05) is 17.3 Å². The first-order chi connectivity index (χ1) is 11.9. The molecule has 146 valence electrons. The average Bonchev–Trinajstić information content (AvgIpc) is 2.48. The Bertz CT molecular complexity index is 635. The van der Waals surface area contributed by atoms with Crippen molar-refractivity contribution in [2.75, 3.05) is 25.6 Å². The smallest absolute Gasteiger partial charge is 0.260 e. The number of carbonyl (C=O) groups is 2. The van der Waals surface area contributed by atoms with Crippen molar-refractivity contribution in [3.63, 3.8) is 0 Å². The largest absolute Gasteiger partial charge is 0.484 e. The first-order valence-electron chi connectivity index (χ1n) is 8.52. The summed E-state index contributed by atoms with van der Waals surface area (Å²) >= 11 is 0. The zero-order chi connectivity index (χ0) is 20.0. The lowest BCUT2D eigenvalue weighted by Crippen LogP contribution is -2.48. The number of ether oxygens (including phenoxy) is 3. The van der Waals surface area contributed by atoms with Crippen LogP contribution in [0.3, 0.4) is 0 Å². The number of hydrogen-bond donors (Lipinski definition) is 2. The van der Waals surface area contributed by atoms with Crippen molar-refractivity contribution in [1.82, 2.24) is 5.32 Å². The van der Waals surface area contributed by atoms with Crippen molar-refractivity contribution in [1.29, 1.82) is 0 Å². The molecule has 1 aromatic rings. The lowest BCUT2D eigenvalue weighted by Gasteiger charge is -2.28. The molecule has 3 N–H and O–H groups in total. The lowest BCUT2D eigenvalue weighted by molar-refractivity contribution is -0.136. The van der Waals surface area contributed by atoms with E-state index in [-0.39, 0.29) is 23.9 Å². The van der Waals surface area contributed by atoms with Crippen LogP contribution in [0.5, 0.6) is 5.75 Å². The maximum atomic E-state index is 12.1. The summed E-state index contributed by atoms with van der Waals surface area (Å²) in [7, 11) is 0. The van der Waals surface area contributed by atoms with Crippen LogP contribution < -0.4 is 15.8 Å². The van der Waals surface area contributed by atoms with E-state index < -0.39 is 5.72 Å². The van der Waals surface area contributed by atoms with Crippen LogP contribution in [-0.4, -0.2) is 42.8 Å². The molecule has 0 saturated carbocycles. The number of anilines is 1. The van der Waals surface area contributed by atoms with Crippen LogP contribution in [0.4, 0.5) is 5.69 Å². The van der Waals surface area contributed by atoms with Crippen molar-refractivity contribution in [2.24, 2.45) is 0 Å². The highest BCUT2D eigenvalue weighted by Gasteiger charge is 2.21. The van der Waals surface area contributed by atoms with Gasteiger partial charge in [0.25, 0.3) is 5.91 Å². The van der Waals surface area contributed by atoms with Crippen LogP contribution >= 0.6 is 0 Å². The summed E-state index contributed by atoms with van der Waals surface area (Å²) in [6.07, 6.45) is 0. The summed E-state index contributed by atoms with van der Waals surface area (Å²) in [5.74, 6) is -0.0398. The SMILES string of the molecule is CC(=O)c1ccc(OCC(=O)NC(C)(C)OCCOC(C)(C)C)cc1N. The molecule has 0 fully saturated rings. The van der Waals surface area contributed by atoms with Gasteiger partial charge in [-0.15, -0.1) is 0 Å².